The van der Waals surface area contributed by atoms with Crippen LogP contribution in [0.25, 0.3) is 0 Å². The van der Waals surface area contributed by atoms with E-state index in [4.69, 9.17) is 38.9 Å². The quantitative estimate of drug-likeness (QED) is 0.0220. The van der Waals surface area contributed by atoms with Gasteiger partial charge in [0.05, 0.1) is 58.8 Å². The molecular weight excluding hydrogens is 1040 g/mol. The number of carbonyl (C=O) groups excluding carboxylic acids is 9. The molecule has 0 aliphatic rings. The zero-order chi connectivity index (χ0) is 58.0. The molecule has 4 unspecified atom stereocenters. The van der Waals surface area contributed by atoms with Gasteiger partial charge in [0.15, 0.2) is 0 Å². The van der Waals surface area contributed by atoms with Crippen LogP contribution in [0.2, 0.25) is 0 Å². The highest BCUT2D eigenvalue weighted by molar-refractivity contribution is 5.92. The lowest BCUT2D eigenvalue weighted by molar-refractivity contribution is -0.151. The van der Waals surface area contributed by atoms with Gasteiger partial charge < -0.3 is 76.1 Å². The Kier molecular flexibility index (Phi) is 34.9. The lowest BCUT2D eigenvalue weighted by Gasteiger charge is -2.23. The monoisotopic (exact) mass is 1120 g/mol. The van der Waals surface area contributed by atoms with E-state index in [-0.39, 0.29) is 129 Å². The van der Waals surface area contributed by atoms with Gasteiger partial charge >= 0.3 is 17.9 Å². The van der Waals surface area contributed by atoms with Crippen LogP contribution in [0, 0.1) is 0 Å². The number of likely N-dealkylation sites (N-methyl/N-ethyl adjacent to an activating group) is 1. The topological polar surface area (TPSA) is 328 Å². The Labute approximate surface area is 467 Å². The summed E-state index contributed by atoms with van der Waals surface area (Å²) in [5.74, 6) is -4.84. The first-order chi connectivity index (χ1) is 38.7. The molecule has 0 spiro atoms. The Morgan fingerprint density at radius 2 is 0.912 bits per heavy atom. The summed E-state index contributed by atoms with van der Waals surface area (Å²) in [6.07, 6.45) is -0.536. The van der Waals surface area contributed by atoms with Gasteiger partial charge in [0.25, 0.3) is 0 Å². The molecule has 0 saturated heterocycles. The summed E-state index contributed by atoms with van der Waals surface area (Å²) in [6, 6.07) is 22.9. The second-order valence-corrected chi connectivity index (χ2v) is 18.2. The lowest BCUT2D eigenvalue weighted by Crippen LogP contribution is -2.53. The molecule has 0 aliphatic heterocycles. The summed E-state index contributed by atoms with van der Waals surface area (Å²) in [7, 11) is 1.68. The summed E-state index contributed by atoms with van der Waals surface area (Å²) in [5, 5.41) is 18.7. The Morgan fingerprint density at radius 3 is 1.45 bits per heavy atom. The lowest BCUT2D eigenvalue weighted by atomic mass is 10.1. The van der Waals surface area contributed by atoms with Gasteiger partial charge in [0, 0.05) is 51.4 Å². The van der Waals surface area contributed by atoms with E-state index in [9.17, 15) is 43.2 Å². The number of hydrogen-bond donors (Lipinski definition) is 8. The van der Waals surface area contributed by atoms with Crippen molar-refractivity contribution in [2.24, 2.45) is 5.73 Å². The van der Waals surface area contributed by atoms with E-state index in [1.165, 1.54) is 0 Å². The molecule has 24 heteroatoms. The first kappa shape index (κ1) is 66.9. The summed E-state index contributed by atoms with van der Waals surface area (Å²) in [6.45, 7) is 3.45. The minimum absolute atomic E-state index is 0.00315. The molecule has 6 amide bonds. The number of rotatable bonds is 43. The Bertz CT molecular complexity index is 2300. The standard InChI is InChI=1S/C56H80N8O16/c1-41(18-24-52(69)78-37-42-12-6-3-7-13-42)62-49(66)23-20-46(55(72)64-47(56(73)80-39-44-16-10-5-11-17-44)21-25-53(70)79-38-43-14-8-4-9-15-43)63-51(68)40-77-35-34-75-29-26-59-48(65)22-19-45(57)54(71)61-28-31-76-33-32-74-30-27-60-50(67)36-58-2/h3-17,41,45-47,58H,18-40,57H2,1-2H3,(H,59,65)(H,60,67)(H,61,71)(H,62,66)(H,63,68)(H,64,72). The summed E-state index contributed by atoms with van der Waals surface area (Å²) in [4.78, 5) is 115. The molecule has 0 radical (unpaired) electrons. The number of nitrogens with two attached hydrogens (primary N) is 1. The van der Waals surface area contributed by atoms with Crippen LogP contribution in [0.1, 0.15) is 75.0 Å². The van der Waals surface area contributed by atoms with E-state index in [0.29, 0.717) is 31.9 Å². The molecule has 4 atom stereocenters. The van der Waals surface area contributed by atoms with Crippen LogP contribution in [-0.4, -0.2) is 164 Å². The smallest absolute Gasteiger partial charge is 0.328 e. The van der Waals surface area contributed by atoms with Crippen LogP contribution in [0.3, 0.4) is 0 Å². The van der Waals surface area contributed by atoms with Gasteiger partial charge in [-0.3, -0.25) is 38.4 Å². The first-order valence-corrected chi connectivity index (χ1v) is 26.7. The van der Waals surface area contributed by atoms with E-state index in [1.54, 1.807) is 68.6 Å². The Balaban J connectivity index is 1.44. The SMILES string of the molecule is CNCC(=O)NCCOCCOCCNC(=O)C(N)CCC(=O)NCCOCCOCC(=O)NC(CCC(=O)NC(C)CCC(=O)OCc1ccccc1)C(=O)NC(CCC(=O)OCc1ccccc1)C(=O)OCc1ccccc1. The number of ether oxygens (including phenoxy) is 7. The number of amides is 6. The highest BCUT2D eigenvalue weighted by atomic mass is 16.5. The predicted molar refractivity (Wildman–Crippen MR) is 291 cm³/mol. The third-order valence-corrected chi connectivity index (χ3v) is 11.5. The fourth-order valence-corrected chi connectivity index (χ4v) is 7.11. The van der Waals surface area contributed by atoms with Crippen LogP contribution >= 0.6 is 0 Å². The number of hydrogen-bond acceptors (Lipinski definition) is 18. The molecule has 3 rings (SSSR count). The molecule has 80 heavy (non-hydrogen) atoms. The molecule has 9 N–H and O–H groups in total. The van der Waals surface area contributed by atoms with Crippen LogP contribution in [-0.2, 0) is 96.1 Å². The van der Waals surface area contributed by atoms with Crippen molar-refractivity contribution in [1.29, 1.82) is 0 Å². The van der Waals surface area contributed by atoms with Gasteiger partial charge in [-0.2, -0.15) is 0 Å². The third kappa shape index (κ3) is 32.5. The molecule has 0 fully saturated rings. The van der Waals surface area contributed by atoms with Gasteiger partial charge in [-0.05, 0) is 56.3 Å². The second kappa shape index (κ2) is 41.7. The highest BCUT2D eigenvalue weighted by Gasteiger charge is 2.29. The molecule has 0 aromatic heterocycles. The van der Waals surface area contributed by atoms with Crippen LogP contribution < -0.4 is 43.0 Å². The average Bonchev–Trinajstić information content (AvgIpc) is 3.46. The Hall–Kier alpha value is -7.35. The van der Waals surface area contributed by atoms with Crippen LogP contribution in [0.5, 0.6) is 0 Å². The van der Waals surface area contributed by atoms with Crippen molar-refractivity contribution in [3.8, 4) is 0 Å². The molecule has 24 nitrogen and oxygen atoms in total. The maximum absolute atomic E-state index is 14.0. The molecule has 0 saturated carbocycles. The predicted octanol–water partition coefficient (Wildman–Crippen LogP) is 0.773. The number of carbonyl (C=O) groups is 9. The van der Waals surface area contributed by atoms with Gasteiger partial charge in [0.1, 0.15) is 38.5 Å². The molecule has 440 valence electrons. The normalized spacial score (nSPS) is 12.3. The maximum atomic E-state index is 14.0. The molecule has 3 aromatic carbocycles. The fourth-order valence-electron chi connectivity index (χ4n) is 7.11. The van der Waals surface area contributed by atoms with Gasteiger partial charge in [-0.25, -0.2) is 4.79 Å². The van der Waals surface area contributed by atoms with E-state index >= 15 is 0 Å². The third-order valence-electron chi connectivity index (χ3n) is 11.5. The number of esters is 3. The first-order valence-electron chi connectivity index (χ1n) is 26.7. The summed E-state index contributed by atoms with van der Waals surface area (Å²) >= 11 is 0. The van der Waals surface area contributed by atoms with Gasteiger partial charge in [-0.1, -0.05) is 91.0 Å². The minimum atomic E-state index is -1.36. The minimum Gasteiger partial charge on any atom is -0.461 e. The number of nitrogens with one attached hydrogen (secondary N) is 7. The van der Waals surface area contributed by atoms with Crippen molar-refractivity contribution in [3.63, 3.8) is 0 Å². The summed E-state index contributed by atoms with van der Waals surface area (Å²) < 4.78 is 38.0. The largest absolute Gasteiger partial charge is 0.461 e. The zero-order valence-corrected chi connectivity index (χ0v) is 45.8. The summed E-state index contributed by atoms with van der Waals surface area (Å²) in [5.41, 5.74) is 8.21. The zero-order valence-electron chi connectivity index (χ0n) is 45.8. The fraction of sp³-hybridized carbons (Fsp3) is 0.518. The second-order valence-electron chi connectivity index (χ2n) is 18.2. The molecular formula is C56H80N8O16. The van der Waals surface area contributed by atoms with E-state index < -0.39 is 72.3 Å². The van der Waals surface area contributed by atoms with Gasteiger partial charge in [0.2, 0.25) is 35.4 Å². The van der Waals surface area contributed by atoms with Crippen molar-refractivity contribution >= 4 is 53.4 Å². The van der Waals surface area contributed by atoms with Crippen LogP contribution in [0.4, 0.5) is 0 Å². The molecule has 0 heterocycles. The highest BCUT2D eigenvalue weighted by Crippen LogP contribution is 2.11. The van der Waals surface area contributed by atoms with Crippen molar-refractivity contribution in [1.82, 2.24) is 37.2 Å². The van der Waals surface area contributed by atoms with Gasteiger partial charge in [-0.15, -0.1) is 0 Å². The molecule has 0 aliphatic carbocycles. The van der Waals surface area contributed by atoms with Crippen molar-refractivity contribution in [2.45, 2.75) is 102 Å². The van der Waals surface area contributed by atoms with Crippen molar-refractivity contribution < 1.29 is 76.3 Å². The van der Waals surface area contributed by atoms with E-state index in [1.807, 2.05) is 36.4 Å². The molecule has 3 aromatic rings. The Morgan fingerprint density at radius 1 is 0.450 bits per heavy atom. The van der Waals surface area contributed by atoms with E-state index in [0.717, 1.165) is 11.1 Å². The number of benzene rings is 3. The molecule has 0 bridgehead atoms. The maximum Gasteiger partial charge on any atom is 0.328 e. The van der Waals surface area contributed by atoms with Crippen molar-refractivity contribution in [3.05, 3.63) is 108 Å². The van der Waals surface area contributed by atoms with E-state index in [2.05, 4.69) is 37.2 Å². The average molecular weight is 1120 g/mol. The van der Waals surface area contributed by atoms with Crippen LogP contribution in [0.15, 0.2) is 91.0 Å². The van der Waals surface area contributed by atoms with Crippen molar-refractivity contribution in [2.75, 3.05) is 86.1 Å².